The summed E-state index contributed by atoms with van der Waals surface area (Å²) in [5, 5.41) is 0. The Hall–Kier alpha value is -4.30. The Balaban J connectivity index is 0.000000322. The third kappa shape index (κ3) is 42.2. The van der Waals surface area contributed by atoms with Gasteiger partial charge >= 0.3 is 18.0 Å². The number of nitrogens with zero attached hydrogens (tertiary/aromatic N) is 12. The average molecular weight is 1460 g/mol. The van der Waals surface area contributed by atoms with Crippen molar-refractivity contribution in [2.24, 2.45) is 32.5 Å². The SMILES string of the molecule is CC(=O)CCN1CCN(CC(C)(C)C)CC1.CC(C)(C)CN1CCN(C(=O)C2CCCO2)CC1.CC(C)(C)CN1CCN(C(=O)c2ccco2)CC1.CCOC(=O)C(C)N1CCN(CC(C)(C)C)CC1.CCOC(=O)CCN1CCN(CC(C)(C)C)CC1.COC(=O)N1CCN(CC(C)(C)C)CC1. The summed E-state index contributed by atoms with van der Waals surface area (Å²) in [6.07, 6.45) is 4.35. The van der Waals surface area contributed by atoms with E-state index in [9.17, 15) is 28.8 Å². The van der Waals surface area contributed by atoms with Crippen LogP contribution < -0.4 is 0 Å². The average Bonchev–Trinajstić information content (AvgIpc) is 1.84. The van der Waals surface area contributed by atoms with E-state index >= 15 is 0 Å². The van der Waals surface area contributed by atoms with Gasteiger partial charge in [0.15, 0.2) is 5.76 Å². The van der Waals surface area contributed by atoms with Gasteiger partial charge in [0.25, 0.3) is 11.8 Å². The van der Waals surface area contributed by atoms with Gasteiger partial charge in [-0.2, -0.15) is 0 Å². The van der Waals surface area contributed by atoms with Crippen LogP contribution in [0.25, 0.3) is 0 Å². The molecule has 3 amide bonds. The largest absolute Gasteiger partial charge is 0.466 e. The molecule has 0 N–H and O–H groups in total. The van der Waals surface area contributed by atoms with Gasteiger partial charge < -0.3 is 62.6 Å². The number of hydrogen-bond acceptors (Lipinski definition) is 20. The zero-order chi connectivity index (χ0) is 77.4. The highest BCUT2D eigenvalue weighted by molar-refractivity contribution is 5.91. The molecule has 7 fully saturated rings. The zero-order valence-corrected chi connectivity index (χ0v) is 69.8. The number of rotatable bonds is 18. The molecule has 23 nitrogen and oxygen atoms in total. The van der Waals surface area contributed by atoms with Crippen molar-refractivity contribution in [3.63, 3.8) is 0 Å². The number of ether oxygens (including phenoxy) is 4. The van der Waals surface area contributed by atoms with Gasteiger partial charge in [-0.05, 0) is 85.2 Å². The van der Waals surface area contributed by atoms with Crippen molar-refractivity contribution in [1.29, 1.82) is 0 Å². The fourth-order valence-corrected chi connectivity index (χ4v) is 13.9. The maximum absolute atomic E-state index is 12.2. The third-order valence-electron chi connectivity index (χ3n) is 18.5. The summed E-state index contributed by atoms with van der Waals surface area (Å²) in [6, 6.07) is 3.37. The second-order valence-electron chi connectivity index (χ2n) is 36.7. The number of furan rings is 1. The molecule has 23 heteroatoms. The smallest absolute Gasteiger partial charge is 0.409 e. The first-order valence-electron chi connectivity index (χ1n) is 39.3. The Morgan fingerprint density at radius 3 is 1.12 bits per heavy atom. The van der Waals surface area contributed by atoms with E-state index in [-0.39, 0.29) is 42.0 Å². The summed E-state index contributed by atoms with van der Waals surface area (Å²) in [6.45, 7) is 81.7. The van der Waals surface area contributed by atoms with Crippen molar-refractivity contribution in [2.45, 2.75) is 190 Å². The van der Waals surface area contributed by atoms with Gasteiger partial charge in [0.2, 0.25) is 0 Å². The monoisotopic (exact) mass is 1460 g/mol. The minimum atomic E-state index is -0.203. The number of carbonyl (C=O) groups excluding carboxylic acids is 6. The number of piperazine rings is 6. The first-order valence-corrected chi connectivity index (χ1v) is 39.3. The fourth-order valence-electron chi connectivity index (χ4n) is 13.9. The van der Waals surface area contributed by atoms with E-state index in [0.717, 1.165) is 222 Å². The quantitative estimate of drug-likeness (QED) is 0.0996. The van der Waals surface area contributed by atoms with Crippen LogP contribution >= 0.6 is 0 Å². The molecule has 1 aromatic rings. The minimum Gasteiger partial charge on any atom is -0.466 e. The standard InChI is InChI=1S/C14H26N2O2.C14H22N2O2.2C14H28N2O2.C13H26N2O.C11H22N2O2/c2*1-14(2,3)11-15-6-8-16(9-7-15)13(17)12-5-4-10-18-12;1-6-18-13(17)12(2)16-9-7-15(8-10-16)11-14(3,4)5;1-5-18-13(17)6-7-15-8-10-16(11-9-15)12-14(2,3)4;1-12(16)5-6-14-7-9-15(10-8-14)11-13(2,3)4;1-11(2,3)9-12-5-7-13(8-6-12)10(14)15-4/h12H,4-11H2,1-3H3;4-5,10H,6-9,11H2,1-3H3;12H,6-11H2,1-5H3;5-12H2,1-4H3;5-11H2,1-4H3;5-9H2,1-4H3. The molecule has 0 radical (unpaired) electrons. The van der Waals surface area contributed by atoms with Gasteiger partial charge in [-0.1, -0.05) is 125 Å². The number of hydrogen-bond donors (Lipinski definition) is 0. The molecule has 0 aliphatic carbocycles. The van der Waals surface area contributed by atoms with Crippen molar-refractivity contribution in [1.82, 2.24) is 58.8 Å². The molecule has 0 saturated carbocycles. The summed E-state index contributed by atoms with van der Waals surface area (Å²) in [5.41, 5.74) is 2.07. The third-order valence-corrected chi connectivity index (χ3v) is 18.5. The Labute approximate surface area is 626 Å². The molecule has 2 atom stereocenters. The highest BCUT2D eigenvalue weighted by Gasteiger charge is 2.33. The van der Waals surface area contributed by atoms with Crippen molar-refractivity contribution in [2.75, 3.05) is 236 Å². The second-order valence-corrected chi connectivity index (χ2v) is 36.7. The summed E-state index contributed by atoms with van der Waals surface area (Å²) in [7, 11) is 1.43. The lowest BCUT2D eigenvalue weighted by molar-refractivity contribution is -0.149. The fraction of sp³-hybridized carbons (Fsp3) is 0.875. The molecule has 7 aliphatic heterocycles. The Morgan fingerprint density at radius 2 is 0.796 bits per heavy atom. The number of ketones is 1. The van der Waals surface area contributed by atoms with Crippen LogP contribution in [0.5, 0.6) is 0 Å². The number of carbonyl (C=O) groups is 6. The molecule has 1 aromatic heterocycles. The van der Waals surface area contributed by atoms with E-state index in [1.54, 1.807) is 30.2 Å². The number of amides is 3. The second kappa shape index (κ2) is 45.5. The van der Waals surface area contributed by atoms with Crippen LogP contribution in [0.2, 0.25) is 0 Å². The van der Waals surface area contributed by atoms with E-state index in [1.807, 2.05) is 30.6 Å². The number of esters is 2. The summed E-state index contributed by atoms with van der Waals surface area (Å²) in [4.78, 5) is 96.7. The lowest BCUT2D eigenvalue weighted by Crippen LogP contribution is -2.53. The lowest BCUT2D eigenvalue weighted by atomic mass is 9.95. The van der Waals surface area contributed by atoms with Crippen LogP contribution in [-0.4, -0.2) is 343 Å². The highest BCUT2D eigenvalue weighted by atomic mass is 16.5. The molecular weight excluding hydrogens is 1300 g/mol. The summed E-state index contributed by atoms with van der Waals surface area (Å²) in [5.74, 6) is 0.797. The minimum absolute atomic E-state index is 0.00964. The zero-order valence-electron chi connectivity index (χ0n) is 69.8. The van der Waals surface area contributed by atoms with Gasteiger partial charge in [-0.25, -0.2) is 4.79 Å². The van der Waals surface area contributed by atoms with Crippen LogP contribution in [-0.2, 0) is 38.1 Å². The molecule has 8 heterocycles. The summed E-state index contributed by atoms with van der Waals surface area (Å²) < 4.78 is 25.3. The van der Waals surface area contributed by atoms with E-state index in [2.05, 4.69) is 169 Å². The van der Waals surface area contributed by atoms with Crippen molar-refractivity contribution in [3.8, 4) is 0 Å². The van der Waals surface area contributed by atoms with Crippen LogP contribution in [0, 0.1) is 32.5 Å². The lowest BCUT2D eigenvalue weighted by Gasteiger charge is -2.39. The topological polar surface area (TPSA) is 191 Å². The molecule has 103 heavy (non-hydrogen) atoms. The summed E-state index contributed by atoms with van der Waals surface area (Å²) >= 11 is 0. The van der Waals surface area contributed by atoms with E-state index in [1.165, 1.54) is 13.7 Å². The van der Waals surface area contributed by atoms with Crippen LogP contribution in [0.4, 0.5) is 4.79 Å². The molecule has 598 valence electrons. The Morgan fingerprint density at radius 1 is 0.456 bits per heavy atom. The van der Waals surface area contributed by atoms with Gasteiger partial charge in [0.1, 0.15) is 17.9 Å². The maximum Gasteiger partial charge on any atom is 0.409 e. The molecule has 0 spiro atoms. The number of methoxy groups -OCH3 is 1. The van der Waals surface area contributed by atoms with E-state index < -0.39 is 0 Å². The molecule has 0 bridgehead atoms. The molecular formula is C80H152N12O11. The first-order chi connectivity index (χ1) is 47.9. The Kier molecular flexibility index (Phi) is 41.0. The van der Waals surface area contributed by atoms with Crippen molar-refractivity contribution >= 4 is 35.6 Å². The first kappa shape index (κ1) is 92.9. The molecule has 2 unspecified atom stereocenters. The predicted molar refractivity (Wildman–Crippen MR) is 417 cm³/mol. The van der Waals surface area contributed by atoms with Gasteiger partial charge in [-0.15, -0.1) is 0 Å². The normalized spacial score (nSPS) is 20.6. The highest BCUT2D eigenvalue weighted by Crippen LogP contribution is 2.24. The molecule has 0 aromatic carbocycles. The number of Topliss-reactive ketones (excluding diaryl/α,β-unsaturated/α-hetero) is 1. The predicted octanol–water partition coefficient (Wildman–Crippen LogP) is 9.69. The Bertz CT molecular complexity index is 2520. The van der Waals surface area contributed by atoms with Crippen molar-refractivity contribution < 1.29 is 52.1 Å². The van der Waals surface area contributed by atoms with Crippen molar-refractivity contribution in [3.05, 3.63) is 24.2 Å². The van der Waals surface area contributed by atoms with Gasteiger partial charge in [-0.3, -0.25) is 43.6 Å². The molecule has 8 rings (SSSR count). The molecule has 7 saturated heterocycles. The van der Waals surface area contributed by atoms with Crippen LogP contribution in [0.1, 0.15) is 189 Å². The molecule has 7 aliphatic rings. The van der Waals surface area contributed by atoms with Gasteiger partial charge in [0, 0.05) is 222 Å². The van der Waals surface area contributed by atoms with E-state index in [4.69, 9.17) is 23.4 Å². The van der Waals surface area contributed by atoms with Crippen LogP contribution in [0.15, 0.2) is 22.8 Å². The maximum atomic E-state index is 12.2. The van der Waals surface area contributed by atoms with E-state index in [0.29, 0.717) is 70.1 Å². The van der Waals surface area contributed by atoms with Crippen LogP contribution in [0.3, 0.4) is 0 Å². The van der Waals surface area contributed by atoms with Gasteiger partial charge in [0.05, 0.1) is 33.0 Å².